The quantitative estimate of drug-likeness (QED) is 0.581. The molecule has 1 aliphatic carbocycles. The fourth-order valence-corrected chi connectivity index (χ4v) is 3.97. The van der Waals surface area contributed by atoms with Gasteiger partial charge in [0.25, 0.3) is 5.56 Å². The number of hydrogen-bond acceptors (Lipinski definition) is 4. The third-order valence-corrected chi connectivity index (χ3v) is 5.35. The highest BCUT2D eigenvalue weighted by atomic mass is 16.3. The van der Waals surface area contributed by atoms with Crippen LogP contribution in [0, 0.1) is 5.92 Å². The van der Waals surface area contributed by atoms with Gasteiger partial charge < -0.3 is 20.2 Å². The van der Waals surface area contributed by atoms with E-state index in [0.717, 1.165) is 18.4 Å². The van der Waals surface area contributed by atoms with E-state index in [1.807, 2.05) is 18.2 Å². The van der Waals surface area contributed by atoms with Crippen LogP contribution in [0.3, 0.4) is 0 Å². The predicted molar refractivity (Wildman–Crippen MR) is 94.3 cm³/mol. The third kappa shape index (κ3) is 2.88. The Morgan fingerprint density at radius 1 is 1.12 bits per heavy atom. The molecule has 2 aromatic heterocycles. The molecule has 0 spiro atoms. The number of aromatic amines is 2. The minimum Gasteiger partial charge on any atom is -0.390 e. The van der Waals surface area contributed by atoms with Crippen molar-refractivity contribution in [2.24, 2.45) is 5.92 Å². The van der Waals surface area contributed by atoms with Crippen LogP contribution in [0.25, 0.3) is 11.0 Å². The molecule has 3 aromatic rings. The second-order valence-electron chi connectivity index (χ2n) is 6.81. The molecule has 0 unspecified atom stereocenters. The Hall–Kier alpha value is -2.44. The average Bonchev–Trinajstić information content (AvgIpc) is 3.18. The lowest BCUT2D eigenvalue weighted by Gasteiger charge is -2.17. The van der Waals surface area contributed by atoms with Gasteiger partial charge in [0, 0.05) is 17.7 Å². The first kappa shape index (κ1) is 16.1. The molecule has 1 aliphatic rings. The second kappa shape index (κ2) is 6.46. The Kier molecular flexibility index (Phi) is 4.15. The number of aliphatic hydroxyl groups is 2. The van der Waals surface area contributed by atoms with Crippen LogP contribution in [0.5, 0.6) is 0 Å². The SMILES string of the molecule is O=c1[nH]cnc2c([C@@H]3C[C@H](CCc4ccccc4)[C@@H](O)[C@H]3O)c[nH]c12. The Labute approximate surface area is 144 Å². The summed E-state index contributed by atoms with van der Waals surface area (Å²) in [5.74, 6) is -0.203. The highest BCUT2D eigenvalue weighted by molar-refractivity contribution is 5.78. The van der Waals surface area contributed by atoms with Gasteiger partial charge in [0.05, 0.1) is 24.1 Å². The number of aliphatic hydroxyl groups excluding tert-OH is 2. The van der Waals surface area contributed by atoms with Gasteiger partial charge in [0.1, 0.15) is 5.52 Å². The molecule has 130 valence electrons. The Morgan fingerprint density at radius 2 is 1.92 bits per heavy atom. The molecule has 2 heterocycles. The molecule has 6 nitrogen and oxygen atoms in total. The fraction of sp³-hybridized carbons (Fsp3) is 0.368. The number of H-pyrrole nitrogens is 2. The largest absolute Gasteiger partial charge is 0.390 e. The molecular weight excluding hydrogens is 318 g/mol. The number of nitrogens with one attached hydrogen (secondary N) is 2. The van der Waals surface area contributed by atoms with Gasteiger partial charge in [-0.25, -0.2) is 4.98 Å². The molecule has 1 aromatic carbocycles. The van der Waals surface area contributed by atoms with Crippen LogP contribution in [-0.4, -0.2) is 37.4 Å². The number of benzene rings is 1. The highest BCUT2D eigenvalue weighted by Gasteiger charge is 2.42. The molecule has 0 saturated heterocycles. The molecule has 4 N–H and O–H groups in total. The van der Waals surface area contributed by atoms with Gasteiger partial charge in [-0.05, 0) is 30.7 Å². The minimum absolute atomic E-state index is 0.0205. The van der Waals surface area contributed by atoms with E-state index < -0.39 is 12.2 Å². The van der Waals surface area contributed by atoms with Gasteiger partial charge >= 0.3 is 0 Å². The van der Waals surface area contributed by atoms with Crippen molar-refractivity contribution in [1.29, 1.82) is 0 Å². The van der Waals surface area contributed by atoms with Gasteiger partial charge in [-0.3, -0.25) is 4.79 Å². The van der Waals surface area contributed by atoms with Gasteiger partial charge in [-0.1, -0.05) is 30.3 Å². The van der Waals surface area contributed by atoms with Crippen LogP contribution >= 0.6 is 0 Å². The summed E-state index contributed by atoms with van der Waals surface area (Å²) in [6, 6.07) is 10.1. The van der Waals surface area contributed by atoms with Crippen molar-refractivity contribution in [3.63, 3.8) is 0 Å². The molecule has 25 heavy (non-hydrogen) atoms. The Bertz CT molecular complexity index is 918. The lowest BCUT2D eigenvalue weighted by atomic mass is 9.94. The van der Waals surface area contributed by atoms with Gasteiger partial charge in [-0.15, -0.1) is 0 Å². The number of aryl methyl sites for hydroxylation is 1. The van der Waals surface area contributed by atoms with E-state index >= 15 is 0 Å². The monoisotopic (exact) mass is 339 g/mol. The standard InChI is InChI=1S/C19H21N3O3/c23-17-12(7-6-11-4-2-1-3-5-11)8-13(18(17)24)14-9-20-16-15(14)21-10-22-19(16)25/h1-5,9-10,12-13,17-18,20,23-24H,6-8H2,(H,21,22,25)/t12-,13-,17+,18-/m0/s1. The smallest absolute Gasteiger partial charge is 0.275 e. The summed E-state index contributed by atoms with van der Waals surface area (Å²) in [5.41, 5.74) is 2.78. The average molecular weight is 339 g/mol. The first-order chi connectivity index (χ1) is 12.1. The van der Waals surface area contributed by atoms with Crippen LogP contribution < -0.4 is 5.56 Å². The fourth-order valence-electron chi connectivity index (χ4n) is 3.97. The maximum absolute atomic E-state index is 11.8. The summed E-state index contributed by atoms with van der Waals surface area (Å²) in [6.07, 6.45) is 3.85. The van der Waals surface area contributed by atoms with Gasteiger partial charge in [-0.2, -0.15) is 0 Å². The van der Waals surface area contributed by atoms with Gasteiger partial charge in [0.15, 0.2) is 0 Å². The number of nitrogens with zero attached hydrogens (tertiary/aromatic N) is 1. The topological polar surface area (TPSA) is 102 Å². The lowest BCUT2D eigenvalue weighted by molar-refractivity contribution is 0.0132. The molecule has 6 heteroatoms. The second-order valence-corrected chi connectivity index (χ2v) is 6.81. The van der Waals surface area contributed by atoms with Crippen molar-refractivity contribution < 1.29 is 10.2 Å². The number of aromatic nitrogens is 3. The lowest BCUT2D eigenvalue weighted by Crippen LogP contribution is -2.27. The van der Waals surface area contributed by atoms with E-state index in [1.165, 1.54) is 11.9 Å². The normalized spacial score (nSPS) is 26.3. The zero-order chi connectivity index (χ0) is 17.4. The van der Waals surface area contributed by atoms with Crippen LogP contribution in [0.1, 0.15) is 29.9 Å². The van der Waals surface area contributed by atoms with Crippen LogP contribution in [-0.2, 0) is 6.42 Å². The molecule has 4 rings (SSSR count). The van der Waals surface area contributed by atoms with E-state index in [0.29, 0.717) is 17.5 Å². The zero-order valence-corrected chi connectivity index (χ0v) is 13.7. The summed E-state index contributed by atoms with van der Waals surface area (Å²) in [4.78, 5) is 21.6. The van der Waals surface area contributed by atoms with Crippen molar-refractivity contribution in [3.05, 3.63) is 64.3 Å². The number of hydrogen-bond donors (Lipinski definition) is 4. The van der Waals surface area contributed by atoms with Crippen LogP contribution in [0.15, 0.2) is 47.7 Å². The zero-order valence-electron chi connectivity index (χ0n) is 13.7. The molecule has 4 atom stereocenters. The summed E-state index contributed by atoms with van der Waals surface area (Å²) in [7, 11) is 0. The Morgan fingerprint density at radius 3 is 2.72 bits per heavy atom. The number of rotatable bonds is 4. The first-order valence-corrected chi connectivity index (χ1v) is 8.60. The highest BCUT2D eigenvalue weighted by Crippen LogP contribution is 2.42. The molecule has 0 radical (unpaired) electrons. The maximum Gasteiger partial charge on any atom is 0.275 e. The van der Waals surface area contributed by atoms with Crippen LogP contribution in [0.2, 0.25) is 0 Å². The van der Waals surface area contributed by atoms with Crippen molar-refractivity contribution in [3.8, 4) is 0 Å². The van der Waals surface area contributed by atoms with E-state index in [4.69, 9.17) is 0 Å². The maximum atomic E-state index is 11.8. The minimum atomic E-state index is -0.846. The number of fused-ring (bicyclic) bond motifs is 1. The molecular formula is C19H21N3O3. The van der Waals surface area contributed by atoms with Gasteiger partial charge in [0.2, 0.25) is 0 Å². The van der Waals surface area contributed by atoms with Crippen molar-refractivity contribution in [2.45, 2.75) is 37.4 Å². The van der Waals surface area contributed by atoms with Crippen LogP contribution in [0.4, 0.5) is 0 Å². The van der Waals surface area contributed by atoms with E-state index in [9.17, 15) is 15.0 Å². The van der Waals surface area contributed by atoms with Crippen molar-refractivity contribution in [2.75, 3.05) is 0 Å². The Balaban J connectivity index is 1.55. The molecule has 0 aliphatic heterocycles. The molecule has 0 bridgehead atoms. The summed E-state index contributed by atoms with van der Waals surface area (Å²) >= 11 is 0. The van der Waals surface area contributed by atoms with E-state index in [2.05, 4.69) is 27.1 Å². The predicted octanol–water partition coefficient (Wildman–Crippen LogP) is 1.71. The van der Waals surface area contributed by atoms with Crippen molar-refractivity contribution >= 4 is 11.0 Å². The van der Waals surface area contributed by atoms with E-state index in [1.54, 1.807) is 6.20 Å². The first-order valence-electron chi connectivity index (χ1n) is 8.60. The van der Waals surface area contributed by atoms with E-state index in [-0.39, 0.29) is 17.4 Å². The summed E-state index contributed by atoms with van der Waals surface area (Å²) in [6.45, 7) is 0. The summed E-state index contributed by atoms with van der Waals surface area (Å²) in [5, 5.41) is 21.0. The molecule has 1 saturated carbocycles. The van der Waals surface area contributed by atoms with Crippen molar-refractivity contribution in [1.82, 2.24) is 15.0 Å². The third-order valence-electron chi connectivity index (χ3n) is 5.35. The molecule has 1 fully saturated rings. The molecule has 0 amide bonds. The summed E-state index contributed by atoms with van der Waals surface area (Å²) < 4.78 is 0.